The highest BCUT2D eigenvalue weighted by molar-refractivity contribution is 7.15. The number of rotatable bonds is 4. The van der Waals surface area contributed by atoms with Crippen LogP contribution in [0.2, 0.25) is 0 Å². The Morgan fingerprint density at radius 2 is 1.80 bits per heavy atom. The van der Waals surface area contributed by atoms with Gasteiger partial charge in [-0.3, -0.25) is 4.79 Å². The van der Waals surface area contributed by atoms with Crippen LogP contribution in [0.3, 0.4) is 0 Å². The maximum absolute atomic E-state index is 12.6. The summed E-state index contributed by atoms with van der Waals surface area (Å²) < 4.78 is 0. The second-order valence-electron chi connectivity index (χ2n) is 5.75. The van der Waals surface area contributed by atoms with Gasteiger partial charge >= 0.3 is 5.97 Å². The van der Waals surface area contributed by atoms with Crippen molar-refractivity contribution in [1.82, 2.24) is 0 Å². The number of anilines is 1. The third-order valence-electron chi connectivity index (χ3n) is 4.21. The van der Waals surface area contributed by atoms with Crippen molar-refractivity contribution < 1.29 is 14.7 Å². The number of carbonyl (C=O) groups is 2. The predicted molar refractivity (Wildman–Crippen MR) is 96.2 cm³/mol. The second kappa shape index (κ2) is 7.32. The summed E-state index contributed by atoms with van der Waals surface area (Å²) in [5.41, 5.74) is 2.57. The molecule has 25 heavy (non-hydrogen) atoms. The van der Waals surface area contributed by atoms with E-state index in [2.05, 4.69) is 11.4 Å². The lowest BCUT2D eigenvalue weighted by Gasteiger charge is -2.16. The van der Waals surface area contributed by atoms with Gasteiger partial charge in [0.15, 0.2) is 0 Å². The summed E-state index contributed by atoms with van der Waals surface area (Å²) in [7, 11) is 0. The van der Waals surface area contributed by atoms with Gasteiger partial charge in [0.05, 0.1) is 5.56 Å². The molecule has 6 heteroatoms. The Bertz CT molecular complexity index is 891. The number of benzene rings is 1. The van der Waals surface area contributed by atoms with Gasteiger partial charge in [0, 0.05) is 22.1 Å². The van der Waals surface area contributed by atoms with Crippen LogP contribution in [0.4, 0.5) is 5.00 Å². The molecular weight excluding hydrogens is 336 g/mol. The minimum Gasteiger partial charge on any atom is -0.478 e. The van der Waals surface area contributed by atoms with E-state index in [1.807, 2.05) is 35.7 Å². The first-order valence-corrected chi connectivity index (χ1v) is 8.83. The Hall–Kier alpha value is -2.91. The summed E-state index contributed by atoms with van der Waals surface area (Å²) in [6, 6.07) is 11.6. The lowest BCUT2D eigenvalue weighted by atomic mass is 9.91. The zero-order valence-electron chi connectivity index (χ0n) is 13.4. The maximum Gasteiger partial charge on any atom is 0.332 e. The number of nitriles is 1. The smallest absolute Gasteiger partial charge is 0.332 e. The van der Waals surface area contributed by atoms with E-state index >= 15 is 0 Å². The molecule has 0 fully saturated rings. The van der Waals surface area contributed by atoms with Crippen LogP contribution in [0, 0.1) is 11.3 Å². The molecule has 1 aliphatic rings. The molecule has 5 nitrogen and oxygen atoms in total. The molecule has 0 bridgehead atoms. The number of thiophene rings is 1. The molecule has 1 aromatic carbocycles. The van der Waals surface area contributed by atoms with Gasteiger partial charge in [-0.05, 0) is 31.2 Å². The van der Waals surface area contributed by atoms with Gasteiger partial charge in [0.2, 0.25) is 0 Å². The van der Waals surface area contributed by atoms with Crippen molar-refractivity contribution in [2.45, 2.75) is 25.7 Å². The van der Waals surface area contributed by atoms with Gasteiger partial charge < -0.3 is 10.4 Å². The molecule has 1 aromatic heterocycles. The Kier molecular flexibility index (Phi) is 4.96. The van der Waals surface area contributed by atoms with E-state index in [-0.39, 0.29) is 5.57 Å². The standard InChI is InChI=1S/C19H16N2O3S/c20-10-15-16(12-6-2-1-3-7-12)11-25-18(15)21-17(22)13-8-4-5-9-14(13)19(23)24/h1-3,6-7,11H,4-5,8-9H2,(H,21,22)(H,23,24). The van der Waals surface area contributed by atoms with E-state index in [0.29, 0.717) is 29.0 Å². The maximum atomic E-state index is 12.6. The van der Waals surface area contributed by atoms with Crippen molar-refractivity contribution in [3.05, 3.63) is 52.4 Å². The summed E-state index contributed by atoms with van der Waals surface area (Å²) in [5.74, 6) is -1.46. The third-order valence-corrected chi connectivity index (χ3v) is 5.11. The molecule has 2 N–H and O–H groups in total. The topological polar surface area (TPSA) is 90.2 Å². The molecule has 126 valence electrons. The number of hydrogen-bond acceptors (Lipinski definition) is 4. The van der Waals surface area contributed by atoms with Crippen LogP contribution in [-0.4, -0.2) is 17.0 Å². The molecular formula is C19H16N2O3S. The highest BCUT2D eigenvalue weighted by Gasteiger charge is 2.25. The molecule has 2 aromatic rings. The largest absolute Gasteiger partial charge is 0.478 e. The number of aliphatic carboxylic acids is 1. The van der Waals surface area contributed by atoms with Crippen molar-refractivity contribution in [3.8, 4) is 17.2 Å². The SMILES string of the molecule is N#Cc1c(-c2ccccc2)csc1NC(=O)C1=C(C(=O)O)CCCC1. The minimum absolute atomic E-state index is 0.182. The predicted octanol–water partition coefficient (Wildman–Crippen LogP) is 4.18. The van der Waals surface area contributed by atoms with Crippen molar-refractivity contribution >= 4 is 28.2 Å². The fourth-order valence-corrected chi connectivity index (χ4v) is 3.88. The number of hydrogen-bond donors (Lipinski definition) is 2. The Morgan fingerprint density at radius 3 is 2.44 bits per heavy atom. The fourth-order valence-electron chi connectivity index (χ4n) is 2.96. The van der Waals surface area contributed by atoms with Gasteiger partial charge in [0.1, 0.15) is 11.1 Å². The normalized spacial score (nSPS) is 14.0. The molecule has 3 rings (SSSR count). The van der Waals surface area contributed by atoms with E-state index in [1.165, 1.54) is 11.3 Å². The molecule has 1 aliphatic carbocycles. The quantitative estimate of drug-likeness (QED) is 0.863. The summed E-state index contributed by atoms with van der Waals surface area (Å²) in [6.07, 6.45) is 2.43. The Balaban J connectivity index is 1.91. The van der Waals surface area contributed by atoms with E-state index in [4.69, 9.17) is 0 Å². The van der Waals surface area contributed by atoms with Gasteiger partial charge in [-0.2, -0.15) is 5.26 Å². The third kappa shape index (κ3) is 3.47. The highest BCUT2D eigenvalue weighted by atomic mass is 32.1. The summed E-state index contributed by atoms with van der Waals surface area (Å²) >= 11 is 1.27. The average Bonchev–Trinajstić information content (AvgIpc) is 3.04. The lowest BCUT2D eigenvalue weighted by molar-refractivity contribution is -0.133. The van der Waals surface area contributed by atoms with Gasteiger partial charge in [-0.15, -0.1) is 11.3 Å². The van der Waals surface area contributed by atoms with Crippen molar-refractivity contribution in [2.75, 3.05) is 5.32 Å². The Morgan fingerprint density at radius 1 is 1.12 bits per heavy atom. The molecule has 0 saturated carbocycles. The van der Waals surface area contributed by atoms with Crippen LogP contribution < -0.4 is 5.32 Å². The van der Waals surface area contributed by atoms with Crippen molar-refractivity contribution in [1.29, 1.82) is 5.26 Å². The molecule has 0 atom stereocenters. The molecule has 0 radical (unpaired) electrons. The number of amides is 1. The fraction of sp³-hybridized carbons (Fsp3) is 0.211. The van der Waals surface area contributed by atoms with E-state index in [1.54, 1.807) is 0 Å². The molecule has 1 amide bonds. The second-order valence-corrected chi connectivity index (χ2v) is 6.63. The summed E-state index contributed by atoms with van der Waals surface area (Å²) in [4.78, 5) is 23.9. The molecule has 0 aliphatic heterocycles. The van der Waals surface area contributed by atoms with Crippen molar-refractivity contribution in [3.63, 3.8) is 0 Å². The lowest BCUT2D eigenvalue weighted by Crippen LogP contribution is -2.21. The first-order chi connectivity index (χ1) is 12.1. The van der Waals surface area contributed by atoms with Crippen molar-refractivity contribution in [2.24, 2.45) is 0 Å². The first-order valence-electron chi connectivity index (χ1n) is 7.95. The van der Waals surface area contributed by atoms with Crippen LogP contribution in [0.15, 0.2) is 46.9 Å². The van der Waals surface area contributed by atoms with Gasteiger partial charge in [-0.1, -0.05) is 30.3 Å². The number of carboxylic acid groups (broad SMARTS) is 1. The zero-order valence-corrected chi connectivity index (χ0v) is 14.2. The number of nitrogens with zero attached hydrogens (tertiary/aromatic N) is 1. The monoisotopic (exact) mass is 352 g/mol. The zero-order chi connectivity index (χ0) is 17.8. The minimum atomic E-state index is -1.04. The van der Waals surface area contributed by atoms with Crippen LogP contribution in [0.5, 0.6) is 0 Å². The number of nitrogens with one attached hydrogen (secondary N) is 1. The van der Waals surface area contributed by atoms with Crippen LogP contribution in [-0.2, 0) is 9.59 Å². The molecule has 0 unspecified atom stereocenters. The van der Waals surface area contributed by atoms with E-state index in [9.17, 15) is 20.0 Å². The Labute approximate surface area is 149 Å². The molecule has 1 heterocycles. The van der Waals surface area contributed by atoms with Crippen LogP contribution in [0.25, 0.3) is 11.1 Å². The van der Waals surface area contributed by atoms with Crippen LogP contribution in [0.1, 0.15) is 31.2 Å². The van der Waals surface area contributed by atoms with Gasteiger partial charge in [-0.25, -0.2) is 4.79 Å². The van der Waals surface area contributed by atoms with Gasteiger partial charge in [0.25, 0.3) is 5.91 Å². The summed E-state index contributed by atoms with van der Waals surface area (Å²) in [5, 5.41) is 23.8. The molecule has 0 saturated heterocycles. The van der Waals surface area contributed by atoms with E-state index < -0.39 is 11.9 Å². The number of carboxylic acids is 1. The molecule has 0 spiro atoms. The van der Waals surface area contributed by atoms with E-state index in [0.717, 1.165) is 24.0 Å². The number of carbonyl (C=O) groups excluding carboxylic acids is 1. The van der Waals surface area contributed by atoms with Crippen LogP contribution >= 0.6 is 11.3 Å². The first kappa shape index (κ1) is 16.9. The highest BCUT2D eigenvalue weighted by Crippen LogP contribution is 2.35. The average molecular weight is 352 g/mol. The summed E-state index contributed by atoms with van der Waals surface area (Å²) in [6.45, 7) is 0.